The average molecular weight is 356 g/mol. The van der Waals surface area contributed by atoms with Gasteiger partial charge in [-0.15, -0.1) is 0 Å². The molecule has 4 nitrogen and oxygen atoms in total. The highest BCUT2D eigenvalue weighted by Gasteiger charge is 2.32. The van der Waals surface area contributed by atoms with Crippen molar-refractivity contribution in [2.75, 3.05) is 20.4 Å². The molecule has 2 aliphatic rings. The summed E-state index contributed by atoms with van der Waals surface area (Å²) >= 11 is 6.51. The van der Waals surface area contributed by atoms with E-state index in [0.717, 1.165) is 52.6 Å². The lowest BCUT2D eigenvalue weighted by molar-refractivity contribution is -0.937. The standard InChI is InChI=1S/C20H20ClN2O2/c1-23(10-13-8-19-20(9-16(13)21)25-12-24-19)7-6-18-15(11-23)14-4-2-3-5-17(14)22-18/h2-5,8-9,22H,6-7,10-12H2,1H3/q+1/t23-/m1/s1. The minimum absolute atomic E-state index is 0.278. The molecule has 0 amide bonds. The fraction of sp³-hybridized carbons (Fsp3) is 0.300. The zero-order valence-corrected chi connectivity index (χ0v) is 14.9. The SMILES string of the molecule is C[N@+]1(Cc2cc3c(cc2Cl)OCO3)CCc2[nH]c3ccccc3c2C1. The van der Waals surface area contributed by atoms with Gasteiger partial charge in [-0.05, 0) is 12.1 Å². The van der Waals surface area contributed by atoms with Gasteiger partial charge in [0.1, 0.15) is 13.1 Å². The first-order valence-electron chi connectivity index (χ1n) is 8.61. The molecule has 0 spiro atoms. The maximum atomic E-state index is 6.51. The van der Waals surface area contributed by atoms with Crippen LogP contribution in [0.3, 0.4) is 0 Å². The van der Waals surface area contributed by atoms with Gasteiger partial charge in [-0.2, -0.15) is 0 Å². The highest BCUT2D eigenvalue weighted by atomic mass is 35.5. The molecular weight excluding hydrogens is 336 g/mol. The van der Waals surface area contributed by atoms with Gasteiger partial charge in [0.15, 0.2) is 11.5 Å². The van der Waals surface area contributed by atoms with Gasteiger partial charge in [-0.3, -0.25) is 0 Å². The van der Waals surface area contributed by atoms with E-state index in [2.05, 4.69) is 36.3 Å². The molecule has 0 radical (unpaired) electrons. The number of rotatable bonds is 2. The van der Waals surface area contributed by atoms with Crippen LogP contribution in [0.4, 0.5) is 0 Å². The van der Waals surface area contributed by atoms with E-state index in [0.29, 0.717) is 0 Å². The van der Waals surface area contributed by atoms with E-state index >= 15 is 0 Å². The predicted octanol–water partition coefficient (Wildman–Crippen LogP) is 4.25. The van der Waals surface area contributed by atoms with Gasteiger partial charge in [0.25, 0.3) is 0 Å². The number of nitrogens with one attached hydrogen (secondary N) is 1. The third-order valence-electron chi connectivity index (χ3n) is 5.44. The molecule has 0 saturated heterocycles. The Morgan fingerprint density at radius 2 is 1.96 bits per heavy atom. The number of para-hydroxylation sites is 1. The number of benzene rings is 2. The van der Waals surface area contributed by atoms with Gasteiger partial charge in [0.05, 0.1) is 18.6 Å². The number of hydrogen-bond acceptors (Lipinski definition) is 2. The number of aromatic nitrogens is 1. The summed E-state index contributed by atoms with van der Waals surface area (Å²) in [4.78, 5) is 3.59. The smallest absolute Gasteiger partial charge is 0.231 e. The van der Waals surface area contributed by atoms with Crippen LogP contribution in [0.2, 0.25) is 5.02 Å². The number of nitrogens with zero attached hydrogens (tertiary/aromatic N) is 1. The van der Waals surface area contributed by atoms with Crippen molar-refractivity contribution in [1.82, 2.24) is 4.98 Å². The van der Waals surface area contributed by atoms with E-state index in [1.165, 1.54) is 22.2 Å². The van der Waals surface area contributed by atoms with Crippen molar-refractivity contribution in [3.05, 3.63) is 58.2 Å². The zero-order chi connectivity index (χ0) is 17.0. The molecule has 3 aromatic rings. The number of hydrogen-bond donors (Lipinski definition) is 1. The second kappa shape index (κ2) is 5.41. The number of H-pyrrole nitrogens is 1. The van der Waals surface area contributed by atoms with Gasteiger partial charge in [-0.1, -0.05) is 29.8 Å². The van der Waals surface area contributed by atoms with Crippen molar-refractivity contribution in [3.63, 3.8) is 0 Å². The van der Waals surface area contributed by atoms with E-state index in [9.17, 15) is 0 Å². The largest absolute Gasteiger partial charge is 0.454 e. The molecular formula is C20H20ClN2O2+. The first-order chi connectivity index (χ1) is 12.1. The van der Waals surface area contributed by atoms with Crippen molar-refractivity contribution in [3.8, 4) is 11.5 Å². The molecule has 0 saturated carbocycles. The summed E-state index contributed by atoms with van der Waals surface area (Å²) in [6, 6.07) is 12.5. The van der Waals surface area contributed by atoms with Crippen molar-refractivity contribution in [1.29, 1.82) is 0 Å². The Morgan fingerprint density at radius 1 is 1.16 bits per heavy atom. The van der Waals surface area contributed by atoms with E-state index in [1.54, 1.807) is 0 Å². The fourth-order valence-corrected chi connectivity index (χ4v) is 4.33. The zero-order valence-electron chi connectivity index (χ0n) is 14.1. The number of likely N-dealkylation sites (N-methyl/N-ethyl adjacent to an activating group) is 1. The van der Waals surface area contributed by atoms with E-state index < -0.39 is 0 Å². The van der Waals surface area contributed by atoms with Crippen molar-refractivity contribution in [2.24, 2.45) is 0 Å². The normalized spacial score (nSPS) is 21.5. The maximum absolute atomic E-state index is 6.51. The summed E-state index contributed by atoms with van der Waals surface area (Å²) in [6.07, 6.45) is 1.06. The van der Waals surface area contributed by atoms with Crippen LogP contribution in [-0.2, 0) is 19.5 Å². The van der Waals surface area contributed by atoms with Crippen molar-refractivity contribution >= 4 is 22.5 Å². The first kappa shape index (κ1) is 15.1. The highest BCUT2D eigenvalue weighted by Crippen LogP contribution is 2.39. The summed E-state index contributed by atoms with van der Waals surface area (Å²) in [5, 5.41) is 2.10. The molecule has 0 bridgehead atoms. The molecule has 25 heavy (non-hydrogen) atoms. The van der Waals surface area contributed by atoms with Crippen molar-refractivity contribution in [2.45, 2.75) is 19.5 Å². The molecule has 128 valence electrons. The van der Waals surface area contributed by atoms with Crippen LogP contribution >= 0.6 is 11.6 Å². The lowest BCUT2D eigenvalue weighted by Gasteiger charge is -2.38. The molecule has 3 heterocycles. The molecule has 1 N–H and O–H groups in total. The third-order valence-corrected chi connectivity index (χ3v) is 5.79. The quantitative estimate of drug-likeness (QED) is 0.697. The highest BCUT2D eigenvalue weighted by molar-refractivity contribution is 6.31. The Balaban J connectivity index is 1.49. The third kappa shape index (κ3) is 2.48. The molecule has 5 heteroatoms. The Morgan fingerprint density at radius 3 is 2.84 bits per heavy atom. The van der Waals surface area contributed by atoms with Gasteiger partial charge >= 0.3 is 0 Å². The first-order valence-corrected chi connectivity index (χ1v) is 8.99. The van der Waals surface area contributed by atoms with Crippen LogP contribution in [0.15, 0.2) is 36.4 Å². The van der Waals surface area contributed by atoms with Crippen LogP contribution in [0.1, 0.15) is 16.8 Å². The van der Waals surface area contributed by atoms with Gasteiger partial charge in [0.2, 0.25) is 6.79 Å². The van der Waals surface area contributed by atoms with Crippen LogP contribution in [0.25, 0.3) is 10.9 Å². The Bertz CT molecular complexity index is 981. The summed E-state index contributed by atoms with van der Waals surface area (Å²) in [5.41, 5.74) is 5.19. The van der Waals surface area contributed by atoms with Crippen LogP contribution < -0.4 is 9.47 Å². The number of halogens is 1. The average Bonchev–Trinajstić information content (AvgIpc) is 3.19. The Kier molecular flexibility index (Phi) is 3.27. The second-order valence-electron chi connectivity index (χ2n) is 7.33. The molecule has 2 aromatic carbocycles. The lowest BCUT2D eigenvalue weighted by atomic mass is 10.0. The Hall–Kier alpha value is -2.17. The van der Waals surface area contributed by atoms with Crippen LogP contribution in [0.5, 0.6) is 11.5 Å². The molecule has 1 atom stereocenters. The number of aromatic amines is 1. The molecule has 0 aliphatic carbocycles. The summed E-state index contributed by atoms with van der Waals surface area (Å²) in [6.45, 7) is 3.25. The number of fused-ring (bicyclic) bond motifs is 4. The topological polar surface area (TPSA) is 34.2 Å². The van der Waals surface area contributed by atoms with Crippen LogP contribution in [-0.4, -0.2) is 29.9 Å². The summed E-state index contributed by atoms with van der Waals surface area (Å²) in [5.74, 6) is 1.55. The monoisotopic (exact) mass is 355 g/mol. The molecule has 2 aliphatic heterocycles. The van der Waals surface area contributed by atoms with Gasteiger partial charge in [0, 0.05) is 40.2 Å². The molecule has 1 aromatic heterocycles. The van der Waals surface area contributed by atoms with Crippen molar-refractivity contribution < 1.29 is 14.0 Å². The summed E-state index contributed by atoms with van der Waals surface area (Å²) in [7, 11) is 2.31. The number of quaternary nitrogens is 1. The fourth-order valence-electron chi connectivity index (χ4n) is 4.12. The molecule has 0 fully saturated rings. The number of ether oxygens (including phenoxy) is 2. The van der Waals surface area contributed by atoms with Gasteiger partial charge in [-0.25, -0.2) is 0 Å². The van der Waals surface area contributed by atoms with Gasteiger partial charge < -0.3 is 18.9 Å². The maximum Gasteiger partial charge on any atom is 0.231 e. The van der Waals surface area contributed by atoms with Crippen LogP contribution in [0, 0.1) is 0 Å². The predicted molar refractivity (Wildman–Crippen MR) is 98.0 cm³/mol. The second-order valence-corrected chi connectivity index (χ2v) is 7.74. The molecule has 0 unspecified atom stereocenters. The Labute approximate surface area is 151 Å². The van der Waals surface area contributed by atoms with E-state index in [-0.39, 0.29) is 6.79 Å². The minimum Gasteiger partial charge on any atom is -0.454 e. The lowest BCUT2D eigenvalue weighted by Crippen LogP contribution is -2.46. The van der Waals surface area contributed by atoms with E-state index in [1.807, 2.05) is 12.1 Å². The van der Waals surface area contributed by atoms with E-state index in [4.69, 9.17) is 21.1 Å². The minimum atomic E-state index is 0.278. The summed E-state index contributed by atoms with van der Waals surface area (Å²) < 4.78 is 11.9. The molecule has 5 rings (SSSR count).